The van der Waals surface area contributed by atoms with Gasteiger partial charge in [-0.1, -0.05) is 22.9 Å². The van der Waals surface area contributed by atoms with Gasteiger partial charge >= 0.3 is 0 Å². The summed E-state index contributed by atoms with van der Waals surface area (Å²) in [5.41, 5.74) is 0.677. The topological polar surface area (TPSA) is 65.5 Å². The molecule has 1 aliphatic rings. The minimum atomic E-state index is -0.0400. The lowest BCUT2D eigenvalue weighted by Gasteiger charge is -2.11. The van der Waals surface area contributed by atoms with Gasteiger partial charge in [0.2, 0.25) is 0 Å². The van der Waals surface area contributed by atoms with Crippen LogP contribution in [0.2, 0.25) is 0 Å². The van der Waals surface area contributed by atoms with Crippen molar-refractivity contribution < 1.29 is 4.79 Å². The highest BCUT2D eigenvalue weighted by atomic mass is 79.9. The summed E-state index contributed by atoms with van der Waals surface area (Å²) < 4.78 is 0.970. The molecular weight excluding hydrogens is 344 g/mol. The van der Waals surface area contributed by atoms with Crippen LogP contribution in [-0.2, 0) is 0 Å². The van der Waals surface area contributed by atoms with Crippen molar-refractivity contribution in [1.82, 2.24) is 16.0 Å². The highest BCUT2D eigenvalue weighted by molar-refractivity contribution is 9.10. The van der Waals surface area contributed by atoms with E-state index >= 15 is 0 Å². The Bertz CT molecular complexity index is 529. The van der Waals surface area contributed by atoms with E-state index < -0.39 is 0 Å². The molecule has 0 aliphatic heterocycles. The summed E-state index contributed by atoms with van der Waals surface area (Å²) >= 11 is 3.36. The molecule has 0 spiro atoms. The smallest absolute Gasteiger partial charge is 0.251 e. The number of nitrogens with zero attached hydrogens (tertiary/aromatic N) is 1. The third kappa shape index (κ3) is 5.33. The number of carbonyl (C=O) groups excluding carboxylic acids is 1. The van der Waals surface area contributed by atoms with Gasteiger partial charge in [0, 0.05) is 36.2 Å². The number of guanidine groups is 1. The highest BCUT2D eigenvalue weighted by Crippen LogP contribution is 2.28. The third-order valence-electron chi connectivity index (χ3n) is 3.69. The Morgan fingerprint density at radius 3 is 2.50 bits per heavy atom. The Balaban J connectivity index is 1.60. The molecule has 0 heterocycles. The van der Waals surface area contributed by atoms with E-state index in [-0.39, 0.29) is 5.91 Å². The van der Waals surface area contributed by atoms with Gasteiger partial charge in [0.05, 0.1) is 0 Å². The summed E-state index contributed by atoms with van der Waals surface area (Å²) in [6.45, 7) is 3.64. The van der Waals surface area contributed by atoms with Crippen molar-refractivity contribution in [2.24, 2.45) is 10.9 Å². The lowest BCUT2D eigenvalue weighted by atomic mass is 10.2. The molecule has 0 radical (unpaired) electrons. The standard InChI is InChI=1S/C16H23BrN4O/c1-11-10-14(11)21-16(18-2)20-9-3-8-19-15(22)12-4-6-13(17)7-5-12/h4-7,11,14H,3,8-10H2,1-2H3,(H,19,22)(H2,18,20,21). The van der Waals surface area contributed by atoms with Crippen LogP contribution in [0.5, 0.6) is 0 Å². The van der Waals surface area contributed by atoms with Crippen molar-refractivity contribution in [2.45, 2.75) is 25.8 Å². The molecule has 0 saturated heterocycles. The molecule has 1 fully saturated rings. The quantitative estimate of drug-likeness (QED) is 0.410. The highest BCUT2D eigenvalue weighted by Gasteiger charge is 2.33. The second-order valence-corrected chi connectivity index (χ2v) is 6.49. The van der Waals surface area contributed by atoms with Gasteiger partial charge in [-0.3, -0.25) is 9.79 Å². The number of rotatable bonds is 6. The van der Waals surface area contributed by atoms with Gasteiger partial charge in [-0.25, -0.2) is 0 Å². The van der Waals surface area contributed by atoms with Crippen molar-refractivity contribution in [2.75, 3.05) is 20.1 Å². The Hall–Kier alpha value is -1.56. The SMILES string of the molecule is CN=C(NCCCNC(=O)c1ccc(Br)cc1)NC1CC1C. The van der Waals surface area contributed by atoms with E-state index in [0.29, 0.717) is 18.2 Å². The number of aliphatic imine (C=N–C) groups is 1. The van der Waals surface area contributed by atoms with Crippen LogP contribution in [0.15, 0.2) is 33.7 Å². The van der Waals surface area contributed by atoms with Crippen LogP contribution < -0.4 is 16.0 Å². The van der Waals surface area contributed by atoms with Crippen LogP contribution in [0.4, 0.5) is 0 Å². The Labute approximate surface area is 140 Å². The maximum atomic E-state index is 11.9. The molecule has 1 aromatic rings. The molecular formula is C16H23BrN4O. The fourth-order valence-corrected chi connectivity index (χ4v) is 2.36. The molecule has 22 heavy (non-hydrogen) atoms. The Kier molecular flexibility index (Phi) is 6.24. The van der Waals surface area contributed by atoms with Crippen LogP contribution in [0.3, 0.4) is 0 Å². The van der Waals surface area contributed by atoms with Gasteiger partial charge < -0.3 is 16.0 Å². The van der Waals surface area contributed by atoms with Crippen LogP contribution >= 0.6 is 15.9 Å². The number of halogens is 1. The van der Waals surface area contributed by atoms with E-state index in [2.05, 4.69) is 43.8 Å². The minimum absolute atomic E-state index is 0.0400. The van der Waals surface area contributed by atoms with Crippen molar-refractivity contribution in [3.8, 4) is 0 Å². The summed E-state index contributed by atoms with van der Waals surface area (Å²) in [4.78, 5) is 16.1. The zero-order chi connectivity index (χ0) is 15.9. The molecule has 120 valence electrons. The van der Waals surface area contributed by atoms with E-state index in [1.807, 2.05) is 12.1 Å². The van der Waals surface area contributed by atoms with E-state index in [9.17, 15) is 4.79 Å². The van der Waals surface area contributed by atoms with Crippen LogP contribution in [-0.4, -0.2) is 38.0 Å². The number of nitrogens with one attached hydrogen (secondary N) is 3. The van der Waals surface area contributed by atoms with Crippen molar-refractivity contribution in [3.63, 3.8) is 0 Å². The van der Waals surface area contributed by atoms with E-state index in [0.717, 1.165) is 29.3 Å². The second kappa shape index (κ2) is 8.17. The maximum Gasteiger partial charge on any atom is 0.251 e. The van der Waals surface area contributed by atoms with Crippen molar-refractivity contribution >= 4 is 27.8 Å². The van der Waals surface area contributed by atoms with Gasteiger partial charge in [-0.15, -0.1) is 0 Å². The molecule has 3 N–H and O–H groups in total. The summed E-state index contributed by atoms with van der Waals surface area (Å²) in [5, 5.41) is 9.55. The first-order valence-corrected chi connectivity index (χ1v) is 8.40. The summed E-state index contributed by atoms with van der Waals surface area (Å²) in [7, 11) is 1.78. The lowest BCUT2D eigenvalue weighted by molar-refractivity contribution is 0.0953. The molecule has 2 rings (SSSR count). The van der Waals surface area contributed by atoms with Gasteiger partial charge in [0.1, 0.15) is 0 Å². The second-order valence-electron chi connectivity index (χ2n) is 5.58. The van der Waals surface area contributed by atoms with Crippen LogP contribution in [0.25, 0.3) is 0 Å². The molecule has 6 heteroatoms. The molecule has 0 bridgehead atoms. The number of carbonyl (C=O) groups is 1. The number of benzene rings is 1. The average molecular weight is 367 g/mol. The largest absolute Gasteiger partial charge is 0.356 e. The van der Waals surface area contributed by atoms with Crippen LogP contribution in [0, 0.1) is 5.92 Å². The van der Waals surface area contributed by atoms with E-state index in [4.69, 9.17) is 0 Å². The van der Waals surface area contributed by atoms with Gasteiger partial charge in [-0.05, 0) is 43.0 Å². The molecule has 1 amide bonds. The molecule has 1 aromatic carbocycles. The summed E-state index contributed by atoms with van der Waals surface area (Å²) in [6, 6.07) is 7.90. The fourth-order valence-electron chi connectivity index (χ4n) is 2.09. The molecule has 0 aromatic heterocycles. The molecule has 5 nitrogen and oxygen atoms in total. The monoisotopic (exact) mass is 366 g/mol. The summed E-state index contributed by atoms with van der Waals surface area (Å²) in [6.07, 6.45) is 2.06. The molecule has 1 aliphatic carbocycles. The van der Waals surface area contributed by atoms with Crippen LogP contribution in [0.1, 0.15) is 30.1 Å². The molecule has 1 saturated carbocycles. The van der Waals surface area contributed by atoms with E-state index in [1.54, 1.807) is 19.2 Å². The lowest BCUT2D eigenvalue weighted by Crippen LogP contribution is -2.40. The normalized spacial score (nSPS) is 20.4. The predicted octanol–water partition coefficient (Wildman–Crippen LogP) is 2.14. The number of hydrogen-bond acceptors (Lipinski definition) is 2. The van der Waals surface area contributed by atoms with E-state index in [1.165, 1.54) is 6.42 Å². The van der Waals surface area contributed by atoms with Gasteiger partial charge in [0.25, 0.3) is 5.91 Å². The average Bonchev–Trinajstić information content (AvgIpc) is 3.21. The predicted molar refractivity (Wildman–Crippen MR) is 93.2 cm³/mol. The molecule has 2 unspecified atom stereocenters. The zero-order valence-electron chi connectivity index (χ0n) is 13.0. The van der Waals surface area contributed by atoms with Crippen molar-refractivity contribution in [3.05, 3.63) is 34.3 Å². The Morgan fingerprint density at radius 2 is 1.91 bits per heavy atom. The Morgan fingerprint density at radius 1 is 1.27 bits per heavy atom. The first kappa shape index (κ1) is 16.8. The minimum Gasteiger partial charge on any atom is -0.356 e. The number of amides is 1. The fraction of sp³-hybridized carbons (Fsp3) is 0.500. The maximum absolute atomic E-state index is 11.9. The van der Waals surface area contributed by atoms with Gasteiger partial charge in [-0.2, -0.15) is 0 Å². The third-order valence-corrected chi connectivity index (χ3v) is 4.22. The first-order valence-electron chi connectivity index (χ1n) is 7.61. The summed E-state index contributed by atoms with van der Waals surface area (Å²) in [5.74, 6) is 1.54. The molecule has 2 atom stereocenters. The van der Waals surface area contributed by atoms with Crippen molar-refractivity contribution in [1.29, 1.82) is 0 Å². The zero-order valence-corrected chi connectivity index (χ0v) is 14.6. The van der Waals surface area contributed by atoms with Gasteiger partial charge in [0.15, 0.2) is 5.96 Å². The number of hydrogen-bond donors (Lipinski definition) is 3. The first-order chi connectivity index (χ1) is 10.6.